The molecule has 0 heterocycles. The summed E-state index contributed by atoms with van der Waals surface area (Å²) in [5, 5.41) is 6.87. The van der Waals surface area contributed by atoms with Gasteiger partial charge in [-0.15, -0.1) is 0 Å². The maximum atomic E-state index is 12.3. The molecule has 1 amide bonds. The number of nitrogens with one attached hydrogen (secondary N) is 1. The third-order valence-corrected chi connectivity index (χ3v) is 4.44. The summed E-state index contributed by atoms with van der Waals surface area (Å²) in [6, 6.07) is 27.1. The van der Waals surface area contributed by atoms with Gasteiger partial charge < -0.3 is 10.2 Å². The van der Waals surface area contributed by atoms with Crippen LogP contribution in [0, 0.1) is 0 Å². The highest BCUT2D eigenvalue weighted by Crippen LogP contribution is 2.21. The zero-order valence-corrected chi connectivity index (χ0v) is 16.2. The molecule has 0 spiro atoms. The Bertz CT molecular complexity index is 842. The number of rotatable bonds is 7. The van der Waals surface area contributed by atoms with E-state index in [1.165, 1.54) is 0 Å². The molecular formula is C22H19BrN2O2. The molecule has 0 fully saturated rings. The van der Waals surface area contributed by atoms with Gasteiger partial charge in [-0.05, 0) is 28.8 Å². The lowest BCUT2D eigenvalue weighted by atomic mass is 9.99. The van der Waals surface area contributed by atoms with Gasteiger partial charge >= 0.3 is 0 Å². The Balaban J connectivity index is 1.60. The zero-order valence-electron chi connectivity index (χ0n) is 14.6. The van der Waals surface area contributed by atoms with Crippen LogP contribution in [-0.4, -0.2) is 18.7 Å². The molecule has 3 rings (SSSR count). The van der Waals surface area contributed by atoms with E-state index in [0.717, 1.165) is 21.2 Å². The average molecular weight is 423 g/mol. The number of hydrogen-bond acceptors (Lipinski definition) is 3. The lowest BCUT2D eigenvalue weighted by Gasteiger charge is -2.19. The summed E-state index contributed by atoms with van der Waals surface area (Å²) in [5.41, 5.74) is 2.91. The number of carbonyl (C=O) groups is 1. The van der Waals surface area contributed by atoms with Crippen LogP contribution >= 0.6 is 15.9 Å². The van der Waals surface area contributed by atoms with Crippen molar-refractivity contribution in [3.63, 3.8) is 0 Å². The Morgan fingerprint density at radius 1 is 0.926 bits per heavy atom. The monoisotopic (exact) mass is 422 g/mol. The molecule has 1 N–H and O–H groups in total. The molecule has 0 aromatic heterocycles. The third kappa shape index (κ3) is 5.79. The molecule has 0 saturated carbocycles. The third-order valence-electron chi connectivity index (χ3n) is 3.91. The molecule has 0 atom stereocenters. The van der Waals surface area contributed by atoms with E-state index in [-0.39, 0.29) is 18.6 Å². The summed E-state index contributed by atoms with van der Waals surface area (Å²) in [7, 11) is 0. The van der Waals surface area contributed by atoms with E-state index in [1.807, 2.05) is 84.9 Å². The minimum atomic E-state index is -0.237. The average Bonchev–Trinajstić information content (AvgIpc) is 2.72. The van der Waals surface area contributed by atoms with E-state index in [4.69, 9.17) is 4.84 Å². The molecule has 0 unspecified atom stereocenters. The van der Waals surface area contributed by atoms with E-state index >= 15 is 0 Å². The molecule has 0 aliphatic heterocycles. The molecule has 3 aromatic carbocycles. The Kier molecular flexibility index (Phi) is 6.77. The van der Waals surface area contributed by atoms with Crippen molar-refractivity contribution in [3.05, 3.63) is 106 Å². The SMILES string of the molecule is O=C(CON=Cc1ccc(Br)cc1)NC(c1ccccc1)c1ccccc1. The lowest BCUT2D eigenvalue weighted by Crippen LogP contribution is -2.31. The van der Waals surface area contributed by atoms with E-state index in [0.29, 0.717) is 0 Å². The first-order chi connectivity index (χ1) is 13.2. The summed E-state index contributed by atoms with van der Waals surface area (Å²) < 4.78 is 0.993. The molecule has 0 aliphatic rings. The molecule has 3 aromatic rings. The fourth-order valence-electron chi connectivity index (χ4n) is 2.60. The number of hydrogen-bond donors (Lipinski definition) is 1. The molecule has 136 valence electrons. The lowest BCUT2D eigenvalue weighted by molar-refractivity contribution is -0.126. The number of carbonyl (C=O) groups excluding carboxylic acids is 1. The predicted molar refractivity (Wildman–Crippen MR) is 111 cm³/mol. The summed E-state index contributed by atoms with van der Waals surface area (Å²) in [6.07, 6.45) is 1.57. The van der Waals surface area contributed by atoms with Crippen molar-refractivity contribution < 1.29 is 9.63 Å². The van der Waals surface area contributed by atoms with Gasteiger partial charge in [0.25, 0.3) is 5.91 Å². The van der Waals surface area contributed by atoms with Crippen LogP contribution < -0.4 is 5.32 Å². The second kappa shape index (κ2) is 9.69. The van der Waals surface area contributed by atoms with Gasteiger partial charge in [-0.25, -0.2) is 0 Å². The van der Waals surface area contributed by atoms with E-state index < -0.39 is 0 Å². The van der Waals surface area contributed by atoms with Gasteiger partial charge in [0.05, 0.1) is 12.3 Å². The Morgan fingerprint density at radius 2 is 1.48 bits per heavy atom. The summed E-state index contributed by atoms with van der Waals surface area (Å²) in [6.45, 7) is -0.150. The highest BCUT2D eigenvalue weighted by Gasteiger charge is 2.16. The molecule has 27 heavy (non-hydrogen) atoms. The van der Waals surface area contributed by atoms with Crippen LogP contribution in [0.1, 0.15) is 22.7 Å². The van der Waals surface area contributed by atoms with Crippen molar-refractivity contribution in [2.75, 3.05) is 6.61 Å². The summed E-state index contributed by atoms with van der Waals surface area (Å²) >= 11 is 3.38. The molecule has 0 radical (unpaired) electrons. The standard InChI is InChI=1S/C22H19BrN2O2/c23-20-13-11-17(12-14-20)15-24-27-16-21(26)25-22(18-7-3-1-4-8-18)19-9-5-2-6-10-19/h1-15,22H,16H2,(H,25,26). The van der Waals surface area contributed by atoms with Crippen LogP contribution in [0.15, 0.2) is 94.6 Å². The smallest absolute Gasteiger partial charge is 0.261 e. The fraction of sp³-hybridized carbons (Fsp3) is 0.0909. The van der Waals surface area contributed by atoms with E-state index in [2.05, 4.69) is 26.4 Å². The van der Waals surface area contributed by atoms with E-state index in [9.17, 15) is 4.79 Å². The topological polar surface area (TPSA) is 50.7 Å². The highest BCUT2D eigenvalue weighted by atomic mass is 79.9. The number of oxime groups is 1. The van der Waals surface area contributed by atoms with Crippen molar-refractivity contribution in [3.8, 4) is 0 Å². The molecule has 5 heteroatoms. The summed E-state index contributed by atoms with van der Waals surface area (Å²) in [4.78, 5) is 17.5. The van der Waals surface area contributed by atoms with Crippen LogP contribution in [0.5, 0.6) is 0 Å². The largest absolute Gasteiger partial charge is 0.386 e. The van der Waals surface area contributed by atoms with Crippen molar-refractivity contribution >= 4 is 28.1 Å². The first-order valence-electron chi connectivity index (χ1n) is 8.52. The first-order valence-corrected chi connectivity index (χ1v) is 9.32. The fourth-order valence-corrected chi connectivity index (χ4v) is 2.86. The molecule has 4 nitrogen and oxygen atoms in total. The first kappa shape index (κ1) is 18.9. The number of amides is 1. The van der Waals surface area contributed by atoms with Gasteiger partial charge in [-0.1, -0.05) is 93.9 Å². The molecule has 0 bridgehead atoms. The van der Waals surface area contributed by atoms with Crippen LogP contribution in [0.4, 0.5) is 0 Å². The second-order valence-electron chi connectivity index (χ2n) is 5.88. The Labute approximate surface area is 167 Å². The van der Waals surface area contributed by atoms with Crippen molar-refractivity contribution in [2.45, 2.75) is 6.04 Å². The van der Waals surface area contributed by atoms with Gasteiger partial charge in [0.2, 0.25) is 0 Å². The maximum Gasteiger partial charge on any atom is 0.261 e. The quantitative estimate of drug-likeness (QED) is 0.442. The molecule has 0 saturated heterocycles. The molecule has 0 aliphatic carbocycles. The van der Waals surface area contributed by atoms with E-state index in [1.54, 1.807) is 6.21 Å². The van der Waals surface area contributed by atoms with Gasteiger partial charge in [0, 0.05) is 4.47 Å². The van der Waals surface area contributed by atoms with Gasteiger partial charge in [-0.3, -0.25) is 4.79 Å². The van der Waals surface area contributed by atoms with Crippen molar-refractivity contribution in [1.82, 2.24) is 5.32 Å². The van der Waals surface area contributed by atoms with Gasteiger partial charge in [0.1, 0.15) is 0 Å². The van der Waals surface area contributed by atoms with Crippen LogP contribution in [-0.2, 0) is 9.63 Å². The van der Waals surface area contributed by atoms with Crippen LogP contribution in [0.2, 0.25) is 0 Å². The Hall–Kier alpha value is -2.92. The summed E-state index contributed by atoms with van der Waals surface area (Å²) in [5.74, 6) is -0.235. The normalized spacial score (nSPS) is 10.9. The minimum absolute atomic E-state index is 0.150. The Morgan fingerprint density at radius 3 is 2.04 bits per heavy atom. The number of benzene rings is 3. The van der Waals surface area contributed by atoms with Crippen LogP contribution in [0.25, 0.3) is 0 Å². The molecular weight excluding hydrogens is 404 g/mol. The van der Waals surface area contributed by atoms with Crippen LogP contribution in [0.3, 0.4) is 0 Å². The van der Waals surface area contributed by atoms with Crippen molar-refractivity contribution in [2.24, 2.45) is 5.16 Å². The second-order valence-corrected chi connectivity index (χ2v) is 6.80. The predicted octanol–water partition coefficient (Wildman–Crippen LogP) is 4.71. The van der Waals surface area contributed by atoms with Gasteiger partial charge in [-0.2, -0.15) is 0 Å². The highest BCUT2D eigenvalue weighted by molar-refractivity contribution is 9.10. The zero-order chi connectivity index (χ0) is 18.9. The van der Waals surface area contributed by atoms with Crippen molar-refractivity contribution in [1.29, 1.82) is 0 Å². The maximum absolute atomic E-state index is 12.3. The number of halogens is 1. The van der Waals surface area contributed by atoms with Gasteiger partial charge in [0.15, 0.2) is 6.61 Å². The number of nitrogens with zero attached hydrogens (tertiary/aromatic N) is 1. The minimum Gasteiger partial charge on any atom is -0.386 e.